The van der Waals surface area contributed by atoms with Crippen LogP contribution in [0.5, 0.6) is 0 Å². The van der Waals surface area contributed by atoms with Gasteiger partial charge in [-0.1, -0.05) is 20.8 Å². The average molecular weight is 207 g/mol. The van der Waals surface area contributed by atoms with E-state index < -0.39 is 9.84 Å². The Morgan fingerprint density at radius 1 is 1.31 bits per heavy atom. The first-order valence-corrected chi connectivity index (χ1v) is 6.67. The van der Waals surface area contributed by atoms with Gasteiger partial charge in [0.15, 0.2) is 0 Å². The van der Waals surface area contributed by atoms with Gasteiger partial charge in [-0.05, 0) is 18.8 Å². The summed E-state index contributed by atoms with van der Waals surface area (Å²) in [7, 11) is -2.80. The Labute approximate surface area is 81.6 Å². The van der Waals surface area contributed by atoms with E-state index in [9.17, 15) is 8.42 Å². The van der Waals surface area contributed by atoms with Crippen LogP contribution in [-0.2, 0) is 9.84 Å². The van der Waals surface area contributed by atoms with E-state index >= 15 is 0 Å². The van der Waals surface area contributed by atoms with Crippen molar-refractivity contribution < 1.29 is 8.42 Å². The van der Waals surface area contributed by atoms with Crippen molar-refractivity contribution >= 4 is 9.84 Å². The summed E-state index contributed by atoms with van der Waals surface area (Å²) in [4.78, 5) is 0. The molecule has 0 bridgehead atoms. The zero-order valence-electron chi connectivity index (χ0n) is 8.79. The lowest BCUT2D eigenvalue weighted by Gasteiger charge is -2.14. The summed E-state index contributed by atoms with van der Waals surface area (Å²) >= 11 is 0. The van der Waals surface area contributed by atoms with Crippen molar-refractivity contribution in [2.24, 2.45) is 11.7 Å². The van der Waals surface area contributed by atoms with Crippen LogP contribution in [0.25, 0.3) is 0 Å². The summed E-state index contributed by atoms with van der Waals surface area (Å²) < 4.78 is 22.2. The molecule has 13 heavy (non-hydrogen) atoms. The van der Waals surface area contributed by atoms with Crippen molar-refractivity contribution in [1.82, 2.24) is 0 Å². The van der Waals surface area contributed by atoms with Gasteiger partial charge in [0.2, 0.25) is 0 Å². The highest BCUT2D eigenvalue weighted by Crippen LogP contribution is 2.07. The zero-order valence-corrected chi connectivity index (χ0v) is 9.60. The van der Waals surface area contributed by atoms with E-state index in [1.54, 1.807) is 6.92 Å². The SMILES string of the molecule is CCS(=O)(=O)CCCC(N)C(C)C. The standard InChI is InChI=1S/C9H21NO2S/c1-4-13(11,12)7-5-6-9(10)8(2)3/h8-9H,4-7,10H2,1-3H3. The van der Waals surface area contributed by atoms with Crippen LogP contribution in [0.2, 0.25) is 0 Å². The molecule has 4 heteroatoms. The second-order valence-corrected chi connectivity index (χ2v) is 6.26. The van der Waals surface area contributed by atoms with Gasteiger partial charge in [-0.25, -0.2) is 8.42 Å². The van der Waals surface area contributed by atoms with Crippen LogP contribution in [0.3, 0.4) is 0 Å². The molecule has 0 aliphatic carbocycles. The normalized spacial score (nSPS) is 14.8. The maximum Gasteiger partial charge on any atom is 0.150 e. The van der Waals surface area contributed by atoms with Crippen molar-refractivity contribution in [3.05, 3.63) is 0 Å². The van der Waals surface area contributed by atoms with Gasteiger partial charge in [0.1, 0.15) is 9.84 Å². The van der Waals surface area contributed by atoms with Crippen LogP contribution in [0.15, 0.2) is 0 Å². The molecule has 0 aromatic rings. The van der Waals surface area contributed by atoms with E-state index in [4.69, 9.17) is 5.73 Å². The molecule has 1 unspecified atom stereocenters. The Bertz CT molecular complexity index is 222. The molecule has 3 nitrogen and oxygen atoms in total. The third-order valence-electron chi connectivity index (χ3n) is 2.29. The van der Waals surface area contributed by atoms with Crippen LogP contribution in [0.4, 0.5) is 0 Å². The lowest BCUT2D eigenvalue weighted by molar-refractivity contribution is 0.459. The predicted octanol–water partition coefficient (Wildman–Crippen LogP) is 1.18. The molecule has 0 radical (unpaired) electrons. The van der Waals surface area contributed by atoms with Crippen LogP contribution in [0, 0.1) is 5.92 Å². The van der Waals surface area contributed by atoms with Crippen molar-refractivity contribution in [2.45, 2.75) is 39.7 Å². The van der Waals surface area contributed by atoms with Gasteiger partial charge >= 0.3 is 0 Å². The van der Waals surface area contributed by atoms with Gasteiger partial charge in [-0.2, -0.15) is 0 Å². The summed E-state index contributed by atoms with van der Waals surface area (Å²) in [5.74, 6) is 0.956. The third-order valence-corrected chi connectivity index (χ3v) is 4.08. The molecular formula is C9H21NO2S. The summed E-state index contributed by atoms with van der Waals surface area (Å²) in [6, 6.07) is 0.132. The maximum absolute atomic E-state index is 11.1. The molecule has 0 saturated heterocycles. The molecule has 1 atom stereocenters. The first-order chi connectivity index (χ1) is 5.89. The van der Waals surface area contributed by atoms with E-state index in [0.717, 1.165) is 6.42 Å². The Morgan fingerprint density at radius 2 is 1.85 bits per heavy atom. The van der Waals surface area contributed by atoms with Gasteiger partial charge in [0.05, 0.1) is 5.75 Å². The molecule has 0 aliphatic heterocycles. The fourth-order valence-electron chi connectivity index (χ4n) is 1.02. The highest BCUT2D eigenvalue weighted by Gasteiger charge is 2.11. The lowest BCUT2D eigenvalue weighted by atomic mass is 10.0. The van der Waals surface area contributed by atoms with E-state index in [-0.39, 0.29) is 17.5 Å². The minimum atomic E-state index is -2.80. The summed E-state index contributed by atoms with van der Waals surface area (Å²) in [6.45, 7) is 5.79. The van der Waals surface area contributed by atoms with Crippen LogP contribution < -0.4 is 5.73 Å². The van der Waals surface area contributed by atoms with Crippen molar-refractivity contribution in [1.29, 1.82) is 0 Å². The molecule has 0 saturated carbocycles. The molecule has 0 fully saturated rings. The molecule has 2 N–H and O–H groups in total. The Morgan fingerprint density at radius 3 is 2.23 bits per heavy atom. The van der Waals surface area contributed by atoms with Crippen molar-refractivity contribution in [3.63, 3.8) is 0 Å². The summed E-state index contributed by atoms with van der Waals surface area (Å²) in [5, 5.41) is 0. The largest absolute Gasteiger partial charge is 0.327 e. The van der Waals surface area contributed by atoms with Gasteiger partial charge in [0.25, 0.3) is 0 Å². The topological polar surface area (TPSA) is 60.2 Å². The Hall–Kier alpha value is -0.0900. The highest BCUT2D eigenvalue weighted by molar-refractivity contribution is 7.91. The predicted molar refractivity (Wildman–Crippen MR) is 56.4 cm³/mol. The molecule has 0 aromatic carbocycles. The first kappa shape index (κ1) is 12.9. The highest BCUT2D eigenvalue weighted by atomic mass is 32.2. The van der Waals surface area contributed by atoms with E-state index in [2.05, 4.69) is 13.8 Å². The number of sulfone groups is 1. The van der Waals surface area contributed by atoms with E-state index in [0.29, 0.717) is 12.3 Å². The molecule has 0 heterocycles. The average Bonchev–Trinajstić information content (AvgIpc) is 2.04. The Kier molecular flexibility index (Phi) is 5.56. The van der Waals surface area contributed by atoms with Crippen molar-refractivity contribution in [2.75, 3.05) is 11.5 Å². The molecule has 0 spiro atoms. The van der Waals surface area contributed by atoms with Gasteiger partial charge in [-0.15, -0.1) is 0 Å². The van der Waals surface area contributed by atoms with Crippen LogP contribution in [0.1, 0.15) is 33.6 Å². The fraction of sp³-hybridized carbons (Fsp3) is 1.00. The molecule has 0 aliphatic rings. The lowest BCUT2D eigenvalue weighted by Crippen LogP contribution is -2.27. The number of hydrogen-bond acceptors (Lipinski definition) is 3. The van der Waals surface area contributed by atoms with Crippen LogP contribution >= 0.6 is 0 Å². The smallest absolute Gasteiger partial charge is 0.150 e. The van der Waals surface area contributed by atoms with Gasteiger partial charge in [0, 0.05) is 11.8 Å². The minimum absolute atomic E-state index is 0.132. The zero-order chi connectivity index (χ0) is 10.5. The maximum atomic E-state index is 11.1. The number of hydrogen-bond donors (Lipinski definition) is 1. The minimum Gasteiger partial charge on any atom is -0.327 e. The molecule has 0 aromatic heterocycles. The molecule has 80 valence electrons. The van der Waals surface area contributed by atoms with Crippen molar-refractivity contribution in [3.8, 4) is 0 Å². The first-order valence-electron chi connectivity index (χ1n) is 4.85. The van der Waals surface area contributed by atoms with E-state index in [1.807, 2.05) is 0 Å². The fourth-order valence-corrected chi connectivity index (χ4v) is 1.91. The van der Waals surface area contributed by atoms with Crippen LogP contribution in [-0.4, -0.2) is 26.0 Å². The molecule has 0 amide bonds. The van der Waals surface area contributed by atoms with E-state index in [1.165, 1.54) is 0 Å². The second kappa shape index (κ2) is 5.60. The third kappa shape index (κ3) is 6.05. The monoisotopic (exact) mass is 207 g/mol. The molecule has 0 rings (SSSR count). The van der Waals surface area contributed by atoms with Gasteiger partial charge in [-0.3, -0.25) is 0 Å². The second-order valence-electron chi connectivity index (χ2n) is 3.79. The Balaban J connectivity index is 3.69. The summed E-state index contributed by atoms with van der Waals surface area (Å²) in [6.07, 6.45) is 1.49. The number of nitrogens with two attached hydrogens (primary N) is 1. The quantitative estimate of drug-likeness (QED) is 0.711. The molecular weight excluding hydrogens is 186 g/mol. The van der Waals surface area contributed by atoms with Gasteiger partial charge < -0.3 is 5.73 Å². The summed E-state index contributed by atoms with van der Waals surface area (Å²) in [5.41, 5.74) is 5.79. The number of rotatable bonds is 6.